The zero-order chi connectivity index (χ0) is 18.9. The first-order chi connectivity index (χ1) is 11.7. The molecule has 1 aromatic carbocycles. The van der Waals surface area contributed by atoms with Crippen molar-refractivity contribution in [2.45, 2.75) is 32.8 Å². The smallest absolute Gasteiger partial charge is 0.407 e. The van der Waals surface area contributed by atoms with Crippen LogP contribution >= 0.6 is 0 Å². The molecule has 25 heavy (non-hydrogen) atoms. The first kappa shape index (κ1) is 20.7. The van der Waals surface area contributed by atoms with Crippen LogP contribution in [0.2, 0.25) is 0 Å². The minimum atomic E-state index is -0.592. The summed E-state index contributed by atoms with van der Waals surface area (Å²) in [6.45, 7) is 6.66. The summed E-state index contributed by atoms with van der Waals surface area (Å²) < 4.78 is 31.3. The fourth-order valence-corrected chi connectivity index (χ4v) is 1.96. The van der Waals surface area contributed by atoms with Gasteiger partial charge in [-0.25, -0.2) is 13.6 Å². The number of carbonyl (C=O) groups excluding carboxylic acids is 1. The summed E-state index contributed by atoms with van der Waals surface area (Å²) in [5.41, 5.74) is 0.0259. The number of amides is 1. The van der Waals surface area contributed by atoms with Crippen LogP contribution < -0.4 is 16.0 Å². The molecule has 1 aromatic rings. The second kappa shape index (κ2) is 9.80. The Balaban J connectivity index is 2.25. The number of hydrogen-bond acceptors (Lipinski definition) is 3. The van der Waals surface area contributed by atoms with E-state index in [0.717, 1.165) is 6.07 Å². The van der Waals surface area contributed by atoms with Gasteiger partial charge in [-0.1, -0.05) is 0 Å². The highest BCUT2D eigenvalue weighted by molar-refractivity contribution is 5.79. The van der Waals surface area contributed by atoms with Crippen molar-refractivity contribution in [1.82, 2.24) is 16.0 Å². The number of nitrogens with one attached hydrogen (secondary N) is 3. The van der Waals surface area contributed by atoms with Crippen LogP contribution in [0.1, 0.15) is 26.3 Å². The molecule has 0 aromatic heterocycles. The van der Waals surface area contributed by atoms with Crippen LogP contribution in [0.5, 0.6) is 0 Å². The third-order valence-electron chi connectivity index (χ3n) is 2.94. The minimum Gasteiger partial charge on any atom is -0.444 e. The average Bonchev–Trinajstić information content (AvgIpc) is 2.46. The van der Waals surface area contributed by atoms with E-state index in [2.05, 4.69) is 20.9 Å². The molecule has 0 atom stereocenters. The summed E-state index contributed by atoms with van der Waals surface area (Å²) in [4.78, 5) is 15.5. The van der Waals surface area contributed by atoms with Crippen LogP contribution in [0.4, 0.5) is 13.6 Å². The van der Waals surface area contributed by atoms with Crippen LogP contribution in [0, 0.1) is 11.6 Å². The molecule has 0 aliphatic carbocycles. The van der Waals surface area contributed by atoms with Crippen molar-refractivity contribution < 1.29 is 18.3 Å². The van der Waals surface area contributed by atoms with Gasteiger partial charge < -0.3 is 20.7 Å². The predicted molar refractivity (Wildman–Crippen MR) is 93.7 cm³/mol. The number of ether oxygens (including phenoxy) is 1. The molecule has 1 amide bonds. The van der Waals surface area contributed by atoms with Crippen molar-refractivity contribution in [3.63, 3.8) is 0 Å². The summed E-state index contributed by atoms with van der Waals surface area (Å²) in [6, 6.07) is 3.44. The lowest BCUT2D eigenvalue weighted by Crippen LogP contribution is -2.43. The van der Waals surface area contributed by atoms with Gasteiger partial charge in [0, 0.05) is 32.7 Å². The Morgan fingerprint density at radius 3 is 2.16 bits per heavy atom. The van der Waals surface area contributed by atoms with Gasteiger partial charge in [0.2, 0.25) is 0 Å². The lowest BCUT2D eigenvalue weighted by atomic mass is 10.1. The van der Waals surface area contributed by atoms with Crippen LogP contribution in [0.25, 0.3) is 0 Å². The molecule has 0 saturated heterocycles. The van der Waals surface area contributed by atoms with E-state index in [-0.39, 0.29) is 0 Å². The molecule has 140 valence electrons. The van der Waals surface area contributed by atoms with Gasteiger partial charge in [0.15, 0.2) is 5.96 Å². The largest absolute Gasteiger partial charge is 0.444 e. The van der Waals surface area contributed by atoms with Crippen molar-refractivity contribution >= 4 is 12.1 Å². The van der Waals surface area contributed by atoms with Gasteiger partial charge in [-0.3, -0.25) is 4.99 Å². The maximum atomic E-state index is 13.1. The van der Waals surface area contributed by atoms with E-state index in [9.17, 15) is 13.6 Å². The fourth-order valence-electron chi connectivity index (χ4n) is 1.96. The van der Waals surface area contributed by atoms with Gasteiger partial charge in [-0.15, -0.1) is 0 Å². The predicted octanol–water partition coefficient (Wildman–Crippen LogP) is 2.20. The SMILES string of the molecule is CN=C(NCCNC(=O)OC(C)(C)C)NCCc1cc(F)cc(F)c1. The van der Waals surface area contributed by atoms with Gasteiger partial charge in [0.1, 0.15) is 17.2 Å². The number of hydrogen-bond donors (Lipinski definition) is 3. The number of benzene rings is 1. The number of aliphatic imine (C=N–C) groups is 1. The molecule has 0 radical (unpaired) electrons. The molecular weight excluding hydrogens is 330 g/mol. The van der Waals surface area contributed by atoms with E-state index >= 15 is 0 Å². The lowest BCUT2D eigenvalue weighted by Gasteiger charge is -2.19. The van der Waals surface area contributed by atoms with Crippen LogP contribution in [-0.2, 0) is 11.2 Å². The molecule has 0 unspecified atom stereocenters. The van der Waals surface area contributed by atoms with E-state index in [1.165, 1.54) is 12.1 Å². The topological polar surface area (TPSA) is 74.8 Å². The van der Waals surface area contributed by atoms with Gasteiger partial charge >= 0.3 is 6.09 Å². The highest BCUT2D eigenvalue weighted by atomic mass is 19.1. The Kier molecular flexibility index (Phi) is 8.10. The molecule has 0 heterocycles. The number of rotatable bonds is 6. The van der Waals surface area contributed by atoms with Crippen LogP contribution in [0.15, 0.2) is 23.2 Å². The first-order valence-electron chi connectivity index (χ1n) is 8.06. The maximum Gasteiger partial charge on any atom is 0.407 e. The summed E-state index contributed by atoms with van der Waals surface area (Å²) >= 11 is 0. The average molecular weight is 356 g/mol. The molecule has 8 heteroatoms. The first-order valence-corrected chi connectivity index (χ1v) is 8.06. The van der Waals surface area contributed by atoms with Gasteiger partial charge in [0.25, 0.3) is 0 Å². The van der Waals surface area contributed by atoms with Crippen molar-refractivity contribution in [2.24, 2.45) is 4.99 Å². The molecule has 0 aliphatic heterocycles. The van der Waals surface area contributed by atoms with E-state index in [1.54, 1.807) is 27.8 Å². The molecule has 3 N–H and O–H groups in total. The van der Waals surface area contributed by atoms with Crippen LogP contribution in [0.3, 0.4) is 0 Å². The molecule has 0 saturated carbocycles. The van der Waals surface area contributed by atoms with Gasteiger partial charge in [0.05, 0.1) is 0 Å². The van der Waals surface area contributed by atoms with E-state index < -0.39 is 23.3 Å². The molecule has 0 spiro atoms. The Morgan fingerprint density at radius 2 is 1.60 bits per heavy atom. The maximum absolute atomic E-state index is 13.1. The van der Waals surface area contributed by atoms with Gasteiger partial charge in [-0.05, 0) is 44.9 Å². The van der Waals surface area contributed by atoms with Crippen molar-refractivity contribution in [2.75, 3.05) is 26.7 Å². The summed E-state index contributed by atoms with van der Waals surface area (Å²) in [5, 5.41) is 8.67. The molecular formula is C17H26F2N4O2. The van der Waals surface area contributed by atoms with Crippen molar-refractivity contribution in [1.29, 1.82) is 0 Å². The van der Waals surface area contributed by atoms with Crippen molar-refractivity contribution in [3.8, 4) is 0 Å². The summed E-state index contributed by atoms with van der Waals surface area (Å²) in [7, 11) is 1.61. The molecule has 1 rings (SSSR count). The van der Waals surface area contributed by atoms with E-state index in [4.69, 9.17) is 4.74 Å². The molecule has 6 nitrogen and oxygen atoms in total. The van der Waals surface area contributed by atoms with E-state index in [0.29, 0.717) is 37.6 Å². The van der Waals surface area contributed by atoms with Crippen LogP contribution in [-0.4, -0.2) is 44.3 Å². The highest BCUT2D eigenvalue weighted by Crippen LogP contribution is 2.08. The highest BCUT2D eigenvalue weighted by Gasteiger charge is 2.15. The normalized spacial score (nSPS) is 11.8. The number of halogens is 2. The molecule has 0 bridgehead atoms. The third-order valence-corrected chi connectivity index (χ3v) is 2.94. The zero-order valence-electron chi connectivity index (χ0n) is 15.1. The number of carbonyl (C=O) groups is 1. The zero-order valence-corrected chi connectivity index (χ0v) is 15.1. The monoisotopic (exact) mass is 356 g/mol. The quantitative estimate of drug-likeness (QED) is 0.415. The lowest BCUT2D eigenvalue weighted by molar-refractivity contribution is 0.0529. The van der Waals surface area contributed by atoms with Gasteiger partial charge in [-0.2, -0.15) is 0 Å². The standard InChI is InChI=1S/C17H26F2N4O2/c1-17(2,3)25-16(24)23-8-7-22-15(20-4)21-6-5-12-9-13(18)11-14(19)10-12/h9-11H,5-8H2,1-4H3,(H,23,24)(H2,20,21,22). The Morgan fingerprint density at radius 1 is 1.04 bits per heavy atom. The fraction of sp³-hybridized carbons (Fsp3) is 0.529. The summed E-state index contributed by atoms with van der Waals surface area (Å²) in [5.74, 6) is -0.653. The Labute approximate surface area is 147 Å². The van der Waals surface area contributed by atoms with E-state index in [1.807, 2.05) is 0 Å². The van der Waals surface area contributed by atoms with Crippen molar-refractivity contribution in [3.05, 3.63) is 35.4 Å². The Bertz CT molecular complexity index is 581. The molecule has 0 fully saturated rings. The molecule has 0 aliphatic rings. The number of nitrogens with zero attached hydrogens (tertiary/aromatic N) is 1. The summed E-state index contributed by atoms with van der Waals surface area (Å²) in [6.07, 6.45) is -0.0312. The number of guanidine groups is 1. The number of alkyl carbamates (subject to hydrolysis) is 1. The third kappa shape index (κ3) is 9.49. The minimum absolute atomic E-state index is 0.366. The second-order valence-corrected chi connectivity index (χ2v) is 6.38. The Hall–Kier alpha value is -2.38. The second-order valence-electron chi connectivity index (χ2n) is 6.38.